The van der Waals surface area contributed by atoms with Crippen molar-refractivity contribution in [2.45, 2.75) is 6.54 Å². The number of methoxy groups -OCH3 is 1. The molecule has 0 saturated heterocycles. The Hall–Kier alpha value is -1.35. The highest BCUT2D eigenvalue weighted by atomic mass is 16.5. The molecule has 2 aromatic rings. The first-order valence-electron chi connectivity index (χ1n) is 4.31. The molecule has 3 nitrogen and oxygen atoms in total. The highest BCUT2D eigenvalue weighted by molar-refractivity contribution is 5.78. The van der Waals surface area contributed by atoms with E-state index >= 15 is 0 Å². The zero-order valence-corrected chi connectivity index (χ0v) is 7.60. The maximum Gasteiger partial charge on any atom is 0.0683 e. The summed E-state index contributed by atoms with van der Waals surface area (Å²) in [6.07, 6.45) is 1.88. The molecule has 0 radical (unpaired) electrons. The van der Waals surface area contributed by atoms with Crippen LogP contribution in [0.1, 0.15) is 0 Å². The predicted molar refractivity (Wildman–Crippen MR) is 51.6 cm³/mol. The van der Waals surface area contributed by atoms with Crippen molar-refractivity contribution >= 4 is 10.9 Å². The van der Waals surface area contributed by atoms with Crippen molar-refractivity contribution in [2.75, 3.05) is 13.7 Å². The number of para-hydroxylation sites is 1. The average Bonchev–Trinajstić information content (AvgIpc) is 2.58. The Bertz CT molecular complexity index is 394. The van der Waals surface area contributed by atoms with Crippen molar-refractivity contribution in [3.63, 3.8) is 0 Å². The number of hydrogen-bond acceptors (Lipinski definition) is 2. The Morgan fingerprint density at radius 2 is 2.23 bits per heavy atom. The fraction of sp³-hybridized carbons (Fsp3) is 0.300. The molecule has 1 aromatic heterocycles. The van der Waals surface area contributed by atoms with Gasteiger partial charge in [0.2, 0.25) is 0 Å². The van der Waals surface area contributed by atoms with Gasteiger partial charge >= 0.3 is 0 Å². The van der Waals surface area contributed by atoms with E-state index in [1.807, 2.05) is 23.0 Å². The molecule has 0 unspecified atom stereocenters. The smallest absolute Gasteiger partial charge is 0.0683 e. The molecule has 68 valence electrons. The van der Waals surface area contributed by atoms with Gasteiger partial charge in [-0.1, -0.05) is 18.2 Å². The molecule has 2 rings (SSSR count). The van der Waals surface area contributed by atoms with Crippen molar-refractivity contribution in [3.05, 3.63) is 30.5 Å². The molecule has 0 saturated carbocycles. The second-order valence-electron chi connectivity index (χ2n) is 2.92. The van der Waals surface area contributed by atoms with Gasteiger partial charge in [-0.05, 0) is 6.07 Å². The molecule has 0 N–H and O–H groups in total. The third-order valence-corrected chi connectivity index (χ3v) is 2.06. The van der Waals surface area contributed by atoms with Gasteiger partial charge in [-0.3, -0.25) is 4.68 Å². The van der Waals surface area contributed by atoms with Crippen LogP contribution in [0.5, 0.6) is 0 Å². The number of benzene rings is 1. The minimum absolute atomic E-state index is 0.700. The molecular formula is C10H12N2O. The topological polar surface area (TPSA) is 27.1 Å². The summed E-state index contributed by atoms with van der Waals surface area (Å²) in [4.78, 5) is 0. The van der Waals surface area contributed by atoms with Crippen molar-refractivity contribution in [1.82, 2.24) is 9.78 Å². The van der Waals surface area contributed by atoms with Crippen molar-refractivity contribution in [1.29, 1.82) is 0 Å². The molecule has 0 bridgehead atoms. The summed E-state index contributed by atoms with van der Waals surface area (Å²) in [5, 5.41) is 5.45. The van der Waals surface area contributed by atoms with Crippen molar-refractivity contribution in [2.24, 2.45) is 0 Å². The van der Waals surface area contributed by atoms with E-state index in [2.05, 4.69) is 17.2 Å². The fourth-order valence-corrected chi connectivity index (χ4v) is 1.38. The van der Waals surface area contributed by atoms with Crippen LogP contribution in [-0.2, 0) is 11.3 Å². The van der Waals surface area contributed by atoms with Crippen LogP contribution in [-0.4, -0.2) is 23.5 Å². The molecule has 0 amide bonds. The monoisotopic (exact) mass is 176 g/mol. The van der Waals surface area contributed by atoms with Crippen LogP contribution in [0.15, 0.2) is 30.5 Å². The summed E-state index contributed by atoms with van der Waals surface area (Å²) in [5.74, 6) is 0. The quantitative estimate of drug-likeness (QED) is 0.711. The summed E-state index contributed by atoms with van der Waals surface area (Å²) in [5.41, 5.74) is 1.17. The largest absolute Gasteiger partial charge is 0.383 e. The lowest BCUT2D eigenvalue weighted by Crippen LogP contribution is -2.04. The number of rotatable bonds is 3. The Morgan fingerprint density at radius 1 is 1.38 bits per heavy atom. The van der Waals surface area contributed by atoms with Crippen molar-refractivity contribution < 1.29 is 4.74 Å². The van der Waals surface area contributed by atoms with E-state index in [-0.39, 0.29) is 0 Å². The minimum atomic E-state index is 0.700. The maximum absolute atomic E-state index is 5.00. The summed E-state index contributed by atoms with van der Waals surface area (Å²) in [6, 6.07) is 8.17. The van der Waals surface area contributed by atoms with E-state index in [0.29, 0.717) is 6.61 Å². The highest BCUT2D eigenvalue weighted by Gasteiger charge is 1.99. The van der Waals surface area contributed by atoms with Crippen LogP contribution in [0.3, 0.4) is 0 Å². The Morgan fingerprint density at radius 3 is 3.08 bits per heavy atom. The van der Waals surface area contributed by atoms with Gasteiger partial charge < -0.3 is 4.74 Å². The maximum atomic E-state index is 5.00. The normalized spacial score (nSPS) is 10.8. The van der Waals surface area contributed by atoms with Gasteiger partial charge in [0.25, 0.3) is 0 Å². The van der Waals surface area contributed by atoms with Gasteiger partial charge in [-0.2, -0.15) is 5.10 Å². The van der Waals surface area contributed by atoms with E-state index < -0.39 is 0 Å². The van der Waals surface area contributed by atoms with Gasteiger partial charge in [0.1, 0.15) is 0 Å². The van der Waals surface area contributed by atoms with Gasteiger partial charge in [0.05, 0.1) is 24.9 Å². The number of nitrogens with zero attached hydrogens (tertiary/aromatic N) is 2. The van der Waals surface area contributed by atoms with Crippen LogP contribution >= 0.6 is 0 Å². The van der Waals surface area contributed by atoms with Crippen LogP contribution in [0.4, 0.5) is 0 Å². The van der Waals surface area contributed by atoms with Gasteiger partial charge in [-0.15, -0.1) is 0 Å². The molecule has 0 fully saturated rings. The molecule has 1 aromatic carbocycles. The SMILES string of the molecule is COCCn1ncc2ccccc21. The van der Waals surface area contributed by atoms with Gasteiger partial charge in [0, 0.05) is 12.5 Å². The zero-order chi connectivity index (χ0) is 9.10. The number of fused-ring (bicyclic) bond motifs is 1. The summed E-state index contributed by atoms with van der Waals surface area (Å²) >= 11 is 0. The first-order chi connectivity index (χ1) is 6.42. The molecule has 0 aliphatic carbocycles. The summed E-state index contributed by atoms with van der Waals surface area (Å²) < 4.78 is 6.96. The molecule has 0 aliphatic heterocycles. The lowest BCUT2D eigenvalue weighted by Gasteiger charge is -2.01. The Kier molecular flexibility index (Phi) is 2.27. The minimum Gasteiger partial charge on any atom is -0.383 e. The van der Waals surface area contributed by atoms with Crippen molar-refractivity contribution in [3.8, 4) is 0 Å². The predicted octanol–water partition coefficient (Wildman–Crippen LogP) is 1.68. The van der Waals surface area contributed by atoms with Crippen LogP contribution in [0.25, 0.3) is 10.9 Å². The van der Waals surface area contributed by atoms with E-state index in [0.717, 1.165) is 6.54 Å². The number of ether oxygens (including phenoxy) is 1. The molecule has 1 heterocycles. The molecule has 0 aliphatic rings. The Balaban J connectivity index is 2.35. The lowest BCUT2D eigenvalue weighted by molar-refractivity contribution is 0.185. The van der Waals surface area contributed by atoms with Crippen LogP contribution in [0.2, 0.25) is 0 Å². The van der Waals surface area contributed by atoms with E-state index in [1.54, 1.807) is 7.11 Å². The molecule has 0 spiro atoms. The summed E-state index contributed by atoms with van der Waals surface area (Å²) in [7, 11) is 1.70. The highest BCUT2D eigenvalue weighted by Crippen LogP contribution is 2.11. The van der Waals surface area contributed by atoms with Crippen LogP contribution < -0.4 is 0 Å². The molecule has 0 atom stereocenters. The fourth-order valence-electron chi connectivity index (χ4n) is 1.38. The third kappa shape index (κ3) is 1.55. The standard InChI is InChI=1S/C10H12N2O/c1-13-7-6-12-10-5-3-2-4-9(10)8-11-12/h2-5,8H,6-7H2,1H3. The number of hydrogen-bond donors (Lipinski definition) is 0. The van der Waals surface area contributed by atoms with E-state index in [1.165, 1.54) is 10.9 Å². The zero-order valence-electron chi connectivity index (χ0n) is 7.60. The van der Waals surface area contributed by atoms with E-state index in [9.17, 15) is 0 Å². The summed E-state index contributed by atoms with van der Waals surface area (Å²) in [6.45, 7) is 1.51. The lowest BCUT2D eigenvalue weighted by atomic mass is 10.3. The number of aromatic nitrogens is 2. The Labute approximate surface area is 76.9 Å². The third-order valence-electron chi connectivity index (χ3n) is 2.06. The first-order valence-corrected chi connectivity index (χ1v) is 4.31. The first kappa shape index (κ1) is 8.26. The van der Waals surface area contributed by atoms with Gasteiger partial charge in [-0.25, -0.2) is 0 Å². The van der Waals surface area contributed by atoms with E-state index in [4.69, 9.17) is 4.74 Å². The second-order valence-corrected chi connectivity index (χ2v) is 2.92. The molecular weight excluding hydrogens is 164 g/mol. The second kappa shape index (κ2) is 3.58. The van der Waals surface area contributed by atoms with Crippen LogP contribution in [0, 0.1) is 0 Å². The van der Waals surface area contributed by atoms with Gasteiger partial charge in [0.15, 0.2) is 0 Å². The molecule has 13 heavy (non-hydrogen) atoms. The molecule has 3 heteroatoms. The average molecular weight is 176 g/mol.